The van der Waals surface area contributed by atoms with Gasteiger partial charge in [0, 0.05) is 11.6 Å². The second-order valence-electron chi connectivity index (χ2n) is 3.24. The summed E-state index contributed by atoms with van der Waals surface area (Å²) in [5.41, 5.74) is -0.119. The number of ketones is 1. The number of aliphatic hydroxyl groups is 1. The normalized spacial score (nSPS) is 10.6. The Hall–Kier alpha value is -1.64. The van der Waals surface area contributed by atoms with E-state index in [9.17, 15) is 23.5 Å². The molecule has 0 spiro atoms. The van der Waals surface area contributed by atoms with Gasteiger partial charge in [-0.2, -0.15) is 0 Å². The minimum atomic E-state index is -1.17. The van der Waals surface area contributed by atoms with Crippen LogP contribution in [0.5, 0.6) is 0 Å². The van der Waals surface area contributed by atoms with E-state index >= 15 is 0 Å². The molecule has 0 atom stereocenters. The van der Waals surface area contributed by atoms with Crippen LogP contribution in [-0.2, 0) is 14.3 Å². The second-order valence-corrected chi connectivity index (χ2v) is 3.24. The number of ether oxygens (including phenoxy) is 1. The maximum absolute atomic E-state index is 12.9. The van der Waals surface area contributed by atoms with Crippen molar-refractivity contribution in [2.45, 2.75) is 6.92 Å². The zero-order valence-corrected chi connectivity index (χ0v) is 10.4. The zero-order valence-electron chi connectivity index (χ0n) is 11.4. The molecule has 0 bridgehead atoms. The molecule has 1 N–H and O–H groups in total. The van der Waals surface area contributed by atoms with Crippen molar-refractivity contribution in [3.8, 4) is 0 Å². The number of carbonyl (C=O) groups is 2. The molecule has 0 aliphatic heterocycles. The van der Waals surface area contributed by atoms with Crippen molar-refractivity contribution >= 4 is 17.5 Å². The Kier molecular flexibility index (Phi) is 7.05. The minimum absolute atomic E-state index is 0. The summed E-state index contributed by atoms with van der Waals surface area (Å²) < 4.78 is 29.9. The number of hydrogen-bond donors (Lipinski definition) is 1. The zero-order chi connectivity index (χ0) is 13.7. The van der Waals surface area contributed by atoms with Gasteiger partial charge >= 0.3 is 24.8 Å². The fourth-order valence-corrected chi connectivity index (χ4v) is 1.12. The number of benzene rings is 1. The first-order chi connectivity index (χ1) is 8.45. The molecule has 4 nitrogen and oxygen atoms in total. The first-order valence-electron chi connectivity index (χ1n) is 5.03. The van der Waals surface area contributed by atoms with Crippen molar-refractivity contribution in [2.75, 3.05) is 6.61 Å². The van der Waals surface area contributed by atoms with Crippen LogP contribution >= 0.6 is 0 Å². The number of esters is 1. The van der Waals surface area contributed by atoms with Gasteiger partial charge in [0.15, 0.2) is 11.6 Å². The van der Waals surface area contributed by atoms with E-state index in [1.165, 1.54) is 6.92 Å². The monoisotopic (exact) mass is 264 g/mol. The summed E-state index contributed by atoms with van der Waals surface area (Å²) in [6.07, 6.45) is 0.588. The summed E-state index contributed by atoms with van der Waals surface area (Å²) in [4.78, 5) is 22.2. The summed E-state index contributed by atoms with van der Waals surface area (Å²) in [6, 6.07) is 2.58. The quantitative estimate of drug-likeness (QED) is 0.252. The van der Waals surface area contributed by atoms with E-state index in [0.29, 0.717) is 12.1 Å². The molecule has 0 aliphatic rings. The Bertz CT molecular complexity index is 520. The standard InChI is InChI=1S/C12H10F2O4.Li.H/c1-2-18-12(17)11(16)6-10(15)7-3-4-8(13)9(14)5-7;;/h3-6,15H,2H2,1H3;;/q;+1;-1. The summed E-state index contributed by atoms with van der Waals surface area (Å²) in [6.45, 7) is 1.54. The van der Waals surface area contributed by atoms with E-state index in [4.69, 9.17) is 0 Å². The maximum Gasteiger partial charge on any atom is 1.00 e. The second kappa shape index (κ2) is 7.72. The Morgan fingerprint density at radius 2 is 2.00 bits per heavy atom. The van der Waals surface area contributed by atoms with Crippen molar-refractivity contribution in [3.63, 3.8) is 0 Å². The Labute approximate surface area is 121 Å². The molecule has 0 heterocycles. The third-order valence-corrected chi connectivity index (χ3v) is 1.96. The average Bonchev–Trinajstić information content (AvgIpc) is 2.32. The van der Waals surface area contributed by atoms with Crippen LogP contribution in [0.2, 0.25) is 0 Å². The van der Waals surface area contributed by atoms with Crippen molar-refractivity contribution in [1.29, 1.82) is 0 Å². The third kappa shape index (κ3) is 4.85. The molecule has 19 heavy (non-hydrogen) atoms. The molecule has 1 aromatic rings. The first kappa shape index (κ1) is 17.4. The van der Waals surface area contributed by atoms with Crippen LogP contribution in [0.3, 0.4) is 0 Å². The predicted octanol–water partition coefficient (Wildman–Crippen LogP) is -0.888. The molecule has 0 aromatic heterocycles. The number of carbonyl (C=O) groups excluding carboxylic acids is 2. The summed E-state index contributed by atoms with van der Waals surface area (Å²) in [7, 11) is 0. The molecule has 1 aromatic carbocycles. The van der Waals surface area contributed by atoms with Crippen molar-refractivity contribution in [3.05, 3.63) is 41.5 Å². The number of halogens is 2. The van der Waals surface area contributed by atoms with E-state index in [1.54, 1.807) is 0 Å². The van der Waals surface area contributed by atoms with Gasteiger partial charge in [-0.25, -0.2) is 13.6 Å². The van der Waals surface area contributed by atoms with E-state index < -0.39 is 29.1 Å². The van der Waals surface area contributed by atoms with Crippen LogP contribution in [0.25, 0.3) is 5.76 Å². The van der Waals surface area contributed by atoms with Crippen molar-refractivity contribution < 1.29 is 48.5 Å². The molecule has 0 radical (unpaired) electrons. The van der Waals surface area contributed by atoms with Crippen molar-refractivity contribution in [2.24, 2.45) is 0 Å². The van der Waals surface area contributed by atoms with Gasteiger partial charge in [-0.1, -0.05) is 0 Å². The Morgan fingerprint density at radius 1 is 1.37 bits per heavy atom. The SMILES string of the molecule is CCOC(=O)C(=O)C=C(O)c1ccc(F)c(F)c1.[H-].[Li+]. The van der Waals surface area contributed by atoms with E-state index in [0.717, 1.165) is 12.1 Å². The van der Waals surface area contributed by atoms with Gasteiger partial charge in [-0.3, -0.25) is 4.79 Å². The molecule has 98 valence electrons. The van der Waals surface area contributed by atoms with Gasteiger partial charge < -0.3 is 11.3 Å². The average molecular weight is 264 g/mol. The summed E-state index contributed by atoms with van der Waals surface area (Å²) in [5, 5.41) is 9.47. The Morgan fingerprint density at radius 3 is 2.53 bits per heavy atom. The van der Waals surface area contributed by atoms with E-state index in [1.807, 2.05) is 0 Å². The van der Waals surface area contributed by atoms with E-state index in [2.05, 4.69) is 4.74 Å². The topological polar surface area (TPSA) is 63.6 Å². The minimum Gasteiger partial charge on any atom is -1.00 e. The maximum atomic E-state index is 12.9. The molecular weight excluding hydrogens is 253 g/mol. The summed E-state index contributed by atoms with van der Waals surface area (Å²) >= 11 is 0. The van der Waals surface area contributed by atoms with Gasteiger partial charge in [0.1, 0.15) is 5.76 Å². The van der Waals surface area contributed by atoms with Crippen LogP contribution in [0.4, 0.5) is 8.78 Å². The molecule has 0 saturated heterocycles. The molecule has 0 unspecified atom stereocenters. The molecule has 0 aliphatic carbocycles. The number of aliphatic hydroxyl groups excluding tert-OH is 1. The van der Waals surface area contributed by atoms with Crippen LogP contribution in [0.15, 0.2) is 24.3 Å². The number of rotatable bonds is 4. The van der Waals surface area contributed by atoms with Crippen molar-refractivity contribution in [1.82, 2.24) is 0 Å². The van der Waals surface area contributed by atoms with Crippen LogP contribution in [0, 0.1) is 11.6 Å². The first-order valence-corrected chi connectivity index (χ1v) is 5.03. The van der Waals surface area contributed by atoms with Crippen LogP contribution in [0.1, 0.15) is 13.9 Å². The number of hydrogen-bond acceptors (Lipinski definition) is 4. The Balaban J connectivity index is 0. The van der Waals surface area contributed by atoms with Crippen LogP contribution < -0.4 is 18.9 Å². The van der Waals surface area contributed by atoms with E-state index in [-0.39, 0.29) is 32.5 Å². The fourth-order valence-electron chi connectivity index (χ4n) is 1.12. The molecule has 1 rings (SSSR count). The van der Waals surface area contributed by atoms with Crippen LogP contribution in [-0.4, -0.2) is 23.5 Å². The molecule has 0 amide bonds. The molecule has 7 heteroatoms. The van der Waals surface area contributed by atoms with Gasteiger partial charge in [0.05, 0.1) is 6.61 Å². The van der Waals surface area contributed by atoms with Gasteiger partial charge in [-0.15, -0.1) is 0 Å². The van der Waals surface area contributed by atoms with Gasteiger partial charge in [0.2, 0.25) is 0 Å². The van der Waals surface area contributed by atoms with Gasteiger partial charge in [-0.05, 0) is 25.1 Å². The predicted molar refractivity (Wildman–Crippen MR) is 59.7 cm³/mol. The molecule has 0 saturated carbocycles. The van der Waals surface area contributed by atoms with Gasteiger partial charge in [0.25, 0.3) is 5.78 Å². The smallest absolute Gasteiger partial charge is 1.00 e. The summed E-state index contributed by atoms with van der Waals surface area (Å²) in [5.74, 6) is -5.11. The fraction of sp³-hybridized carbons (Fsp3) is 0.167. The molecular formula is C12H11F2LiO4. The molecule has 0 fully saturated rings. The largest absolute Gasteiger partial charge is 1.00 e. The third-order valence-electron chi connectivity index (χ3n) is 1.96.